The topological polar surface area (TPSA) is 55.8 Å². The third-order valence-corrected chi connectivity index (χ3v) is 4.74. The minimum Gasteiger partial charge on any atom is -0.494 e. The van der Waals surface area contributed by atoms with E-state index in [0.29, 0.717) is 48.6 Å². The third kappa shape index (κ3) is 7.50. The summed E-state index contributed by atoms with van der Waals surface area (Å²) < 4.78 is 11.1. The van der Waals surface area contributed by atoms with E-state index in [1.165, 1.54) is 0 Å². The molecule has 0 aromatic heterocycles. The van der Waals surface area contributed by atoms with Crippen molar-refractivity contribution in [3.8, 4) is 11.5 Å². The molecule has 0 saturated carbocycles. The van der Waals surface area contributed by atoms with Gasteiger partial charge in [-0.1, -0.05) is 27.0 Å². The molecule has 0 bridgehead atoms. The summed E-state index contributed by atoms with van der Waals surface area (Å²) in [7, 11) is 1.83. The molecule has 0 atom stereocenters. The largest absolute Gasteiger partial charge is 0.494 e. The molecule has 0 aliphatic heterocycles. The van der Waals surface area contributed by atoms with Gasteiger partial charge in [-0.2, -0.15) is 0 Å². The summed E-state index contributed by atoms with van der Waals surface area (Å²) in [5.74, 6) is 1.23. The van der Waals surface area contributed by atoms with E-state index < -0.39 is 0 Å². The van der Waals surface area contributed by atoms with Gasteiger partial charge in [0.05, 0.1) is 13.2 Å². The van der Waals surface area contributed by atoms with Crippen LogP contribution in [0.4, 0.5) is 0 Å². The quantitative estimate of drug-likeness (QED) is 0.295. The maximum Gasteiger partial charge on any atom is 0.189 e. The number of ketones is 2. The van der Waals surface area contributed by atoms with E-state index in [4.69, 9.17) is 9.47 Å². The average molecular weight is 436 g/mol. The standard InChI is InChI=1S/C27H33NO4/c1-6-16-31-24-12-8-22(9-13-24)26(29)20(3)18-28(5)19-21(4)27(30)23-10-14-25(15-11-23)32-17-7-2/h8-15H,3-4,6-7,16-19H2,1-2,5H3. The van der Waals surface area contributed by atoms with Crippen molar-refractivity contribution in [3.05, 3.63) is 84.0 Å². The highest BCUT2D eigenvalue weighted by Crippen LogP contribution is 2.17. The highest BCUT2D eigenvalue weighted by atomic mass is 16.5. The first-order valence-electron chi connectivity index (χ1n) is 10.9. The van der Waals surface area contributed by atoms with Gasteiger partial charge in [0.1, 0.15) is 11.5 Å². The fourth-order valence-corrected chi connectivity index (χ4v) is 3.10. The summed E-state index contributed by atoms with van der Waals surface area (Å²) in [5.41, 5.74) is 2.03. The van der Waals surface area contributed by atoms with Crippen LogP contribution in [0.1, 0.15) is 47.4 Å². The highest BCUT2D eigenvalue weighted by molar-refractivity contribution is 6.09. The Morgan fingerprint density at radius 1 is 0.719 bits per heavy atom. The fraction of sp³-hybridized carbons (Fsp3) is 0.333. The van der Waals surface area contributed by atoms with Crippen molar-refractivity contribution in [2.24, 2.45) is 0 Å². The molecule has 2 rings (SSSR count). The highest BCUT2D eigenvalue weighted by Gasteiger charge is 2.16. The molecule has 170 valence electrons. The molecule has 0 saturated heterocycles. The lowest BCUT2D eigenvalue weighted by Crippen LogP contribution is -2.27. The predicted octanol–water partition coefficient (Wildman–Crippen LogP) is 5.37. The Kier molecular flexibility index (Phi) is 9.89. The number of likely N-dealkylation sites (N-methyl/N-ethyl adjacent to an activating group) is 1. The van der Waals surface area contributed by atoms with Crippen LogP contribution in [0.5, 0.6) is 11.5 Å². The number of carbonyl (C=O) groups is 2. The van der Waals surface area contributed by atoms with Crippen LogP contribution in [-0.4, -0.2) is 49.8 Å². The van der Waals surface area contributed by atoms with Gasteiger partial charge in [0.2, 0.25) is 0 Å². The average Bonchev–Trinajstić information content (AvgIpc) is 2.80. The molecular formula is C27H33NO4. The third-order valence-electron chi connectivity index (χ3n) is 4.74. The summed E-state index contributed by atoms with van der Waals surface area (Å²) in [4.78, 5) is 27.2. The molecule has 5 heteroatoms. The molecule has 0 aliphatic rings. The van der Waals surface area contributed by atoms with Crippen molar-refractivity contribution >= 4 is 11.6 Å². The van der Waals surface area contributed by atoms with Gasteiger partial charge in [-0.15, -0.1) is 0 Å². The van der Waals surface area contributed by atoms with E-state index in [1.54, 1.807) is 48.5 Å². The molecule has 0 spiro atoms. The first-order chi connectivity index (χ1) is 15.3. The van der Waals surface area contributed by atoms with E-state index in [9.17, 15) is 9.59 Å². The van der Waals surface area contributed by atoms with Crippen LogP contribution in [0.25, 0.3) is 0 Å². The zero-order chi connectivity index (χ0) is 23.5. The molecule has 0 heterocycles. The van der Waals surface area contributed by atoms with Crippen molar-refractivity contribution in [3.63, 3.8) is 0 Å². The Morgan fingerprint density at radius 3 is 1.38 bits per heavy atom. The minimum atomic E-state index is -0.126. The molecule has 32 heavy (non-hydrogen) atoms. The smallest absolute Gasteiger partial charge is 0.189 e. The first kappa shape index (κ1) is 25.1. The van der Waals surface area contributed by atoms with E-state index in [2.05, 4.69) is 13.2 Å². The summed E-state index contributed by atoms with van der Waals surface area (Å²) in [5, 5.41) is 0. The molecule has 0 radical (unpaired) electrons. The minimum absolute atomic E-state index is 0.126. The van der Waals surface area contributed by atoms with Crippen LogP contribution in [0.15, 0.2) is 72.8 Å². The van der Waals surface area contributed by atoms with Crippen molar-refractivity contribution in [1.82, 2.24) is 4.90 Å². The van der Waals surface area contributed by atoms with Gasteiger partial charge < -0.3 is 9.47 Å². The molecule has 0 aliphatic carbocycles. The number of ether oxygens (including phenoxy) is 2. The zero-order valence-corrected chi connectivity index (χ0v) is 19.4. The number of benzene rings is 2. The molecule has 0 amide bonds. The summed E-state index contributed by atoms with van der Waals surface area (Å²) in [6.07, 6.45) is 1.85. The van der Waals surface area contributed by atoms with Gasteiger partial charge in [-0.3, -0.25) is 14.5 Å². The van der Waals surface area contributed by atoms with E-state index in [0.717, 1.165) is 24.3 Å². The van der Waals surface area contributed by atoms with Crippen LogP contribution in [0.2, 0.25) is 0 Å². The number of carbonyl (C=O) groups excluding carboxylic acids is 2. The van der Waals surface area contributed by atoms with Crippen LogP contribution < -0.4 is 9.47 Å². The fourth-order valence-electron chi connectivity index (χ4n) is 3.10. The molecule has 2 aromatic rings. The van der Waals surface area contributed by atoms with Crippen LogP contribution >= 0.6 is 0 Å². The number of Topliss-reactive ketones (excluding diaryl/α,β-unsaturated/α-hetero) is 2. The number of nitrogens with zero attached hydrogens (tertiary/aromatic N) is 1. The SMILES string of the molecule is C=C(CN(C)CC(=C)C(=O)c1ccc(OCCC)cc1)C(=O)c1ccc(OCCC)cc1. The number of hydrogen-bond acceptors (Lipinski definition) is 5. The van der Waals surface area contributed by atoms with Crippen LogP contribution in [0.3, 0.4) is 0 Å². The zero-order valence-electron chi connectivity index (χ0n) is 19.4. The normalized spacial score (nSPS) is 10.6. The Morgan fingerprint density at radius 2 is 1.06 bits per heavy atom. The van der Waals surface area contributed by atoms with E-state index in [-0.39, 0.29) is 11.6 Å². The second-order valence-electron chi connectivity index (χ2n) is 7.78. The molecular weight excluding hydrogens is 402 g/mol. The van der Waals surface area contributed by atoms with Gasteiger partial charge in [-0.25, -0.2) is 0 Å². The van der Waals surface area contributed by atoms with Crippen LogP contribution in [-0.2, 0) is 0 Å². The van der Waals surface area contributed by atoms with Gasteiger partial charge in [0, 0.05) is 35.4 Å². The Balaban J connectivity index is 1.88. The monoisotopic (exact) mass is 435 g/mol. The maximum atomic E-state index is 12.7. The van der Waals surface area contributed by atoms with Gasteiger partial charge >= 0.3 is 0 Å². The van der Waals surface area contributed by atoms with Gasteiger partial charge in [0.25, 0.3) is 0 Å². The van der Waals surface area contributed by atoms with Crippen molar-refractivity contribution in [1.29, 1.82) is 0 Å². The lowest BCUT2D eigenvalue weighted by Gasteiger charge is -2.18. The maximum absolute atomic E-state index is 12.7. The van der Waals surface area contributed by atoms with Crippen molar-refractivity contribution < 1.29 is 19.1 Å². The lowest BCUT2D eigenvalue weighted by atomic mass is 10.0. The summed E-state index contributed by atoms with van der Waals surface area (Å²) in [6, 6.07) is 14.1. The molecule has 0 N–H and O–H groups in total. The first-order valence-corrected chi connectivity index (χ1v) is 10.9. The second kappa shape index (κ2) is 12.6. The van der Waals surface area contributed by atoms with Crippen molar-refractivity contribution in [2.45, 2.75) is 26.7 Å². The number of rotatable bonds is 14. The molecule has 5 nitrogen and oxygen atoms in total. The number of hydrogen-bond donors (Lipinski definition) is 0. The van der Waals surface area contributed by atoms with E-state index >= 15 is 0 Å². The predicted molar refractivity (Wildman–Crippen MR) is 129 cm³/mol. The van der Waals surface area contributed by atoms with Gasteiger partial charge in [0.15, 0.2) is 11.6 Å². The summed E-state index contributed by atoms with van der Waals surface area (Å²) >= 11 is 0. The van der Waals surface area contributed by atoms with Crippen LogP contribution in [0, 0.1) is 0 Å². The molecule has 2 aromatic carbocycles. The van der Waals surface area contributed by atoms with Gasteiger partial charge in [-0.05, 0) is 68.4 Å². The Labute approximate surface area is 191 Å². The summed E-state index contributed by atoms with van der Waals surface area (Å²) in [6.45, 7) is 13.9. The lowest BCUT2D eigenvalue weighted by molar-refractivity contribution is 0.102. The Bertz CT molecular complexity index is 852. The Hall–Kier alpha value is -3.18. The van der Waals surface area contributed by atoms with E-state index in [1.807, 2.05) is 25.8 Å². The molecule has 0 unspecified atom stereocenters. The van der Waals surface area contributed by atoms with Crippen molar-refractivity contribution in [2.75, 3.05) is 33.4 Å². The second-order valence-corrected chi connectivity index (χ2v) is 7.78. The molecule has 0 fully saturated rings.